The Morgan fingerprint density at radius 2 is 1.07 bits per heavy atom. The van der Waals surface area contributed by atoms with Gasteiger partial charge in [0.25, 0.3) is 0 Å². The molecular formula is C3H6Na2O8S2. The van der Waals surface area contributed by atoms with Gasteiger partial charge in [-0.3, -0.25) is 8.37 Å². The van der Waals surface area contributed by atoms with Gasteiger partial charge in [-0.1, -0.05) is 0 Å². The molecule has 0 spiro atoms. The summed E-state index contributed by atoms with van der Waals surface area (Å²) in [6.45, 7) is -1.05. The zero-order valence-corrected chi connectivity index (χ0v) is 13.8. The van der Waals surface area contributed by atoms with Crippen molar-refractivity contribution < 1.29 is 93.4 Å². The Morgan fingerprint density at radius 3 is 1.27 bits per heavy atom. The molecule has 0 aliphatic carbocycles. The molecular weight excluding hydrogens is 274 g/mol. The molecule has 0 heterocycles. The maximum absolute atomic E-state index is 9.79. The molecule has 80 valence electrons. The fourth-order valence-electron chi connectivity index (χ4n) is 0.381. The predicted octanol–water partition coefficient (Wildman–Crippen LogP) is -7.66. The summed E-state index contributed by atoms with van der Waals surface area (Å²) in [4.78, 5) is 0. The SMILES string of the molecule is O=S(=O)([O-])OCCCOS(=O)(=O)[O-].[Na+].[Na+]. The summed E-state index contributed by atoms with van der Waals surface area (Å²) < 4.78 is 66.1. The summed E-state index contributed by atoms with van der Waals surface area (Å²) in [6.07, 6.45) is -0.192. The Balaban J connectivity index is -0.000000720. The first-order valence-electron chi connectivity index (χ1n) is 2.91. The Bertz CT molecular complexity index is 299. The first-order chi connectivity index (χ1) is 5.71. The van der Waals surface area contributed by atoms with Gasteiger partial charge in [-0.25, -0.2) is 16.8 Å². The maximum atomic E-state index is 9.79. The summed E-state index contributed by atoms with van der Waals surface area (Å²) in [5.74, 6) is 0. The van der Waals surface area contributed by atoms with Crippen molar-refractivity contribution in [3.63, 3.8) is 0 Å². The van der Waals surface area contributed by atoms with Crippen LogP contribution in [0.5, 0.6) is 0 Å². The van der Waals surface area contributed by atoms with Gasteiger partial charge in [-0.05, 0) is 6.42 Å². The first kappa shape index (κ1) is 22.0. The van der Waals surface area contributed by atoms with Crippen LogP contribution >= 0.6 is 0 Å². The van der Waals surface area contributed by atoms with E-state index in [9.17, 15) is 25.9 Å². The molecule has 0 amide bonds. The fourth-order valence-corrected chi connectivity index (χ4v) is 1.02. The summed E-state index contributed by atoms with van der Waals surface area (Å²) >= 11 is 0. The van der Waals surface area contributed by atoms with Crippen LogP contribution in [-0.2, 0) is 29.2 Å². The van der Waals surface area contributed by atoms with Crippen LogP contribution in [0.15, 0.2) is 0 Å². The summed E-state index contributed by atoms with van der Waals surface area (Å²) in [7, 11) is -9.55. The van der Waals surface area contributed by atoms with Crippen molar-refractivity contribution in [1.82, 2.24) is 0 Å². The first-order valence-corrected chi connectivity index (χ1v) is 5.58. The molecule has 0 aromatic rings. The van der Waals surface area contributed by atoms with E-state index < -0.39 is 34.0 Å². The van der Waals surface area contributed by atoms with Crippen LogP contribution in [0.4, 0.5) is 0 Å². The average molecular weight is 280 g/mol. The Kier molecular flexibility index (Phi) is 14.3. The van der Waals surface area contributed by atoms with E-state index in [-0.39, 0.29) is 65.5 Å². The van der Waals surface area contributed by atoms with Crippen LogP contribution in [-0.4, -0.2) is 39.2 Å². The third kappa shape index (κ3) is 21.6. The summed E-state index contributed by atoms with van der Waals surface area (Å²) in [6, 6.07) is 0. The average Bonchev–Trinajstić information content (AvgIpc) is 1.81. The van der Waals surface area contributed by atoms with Crippen molar-refractivity contribution in [3.05, 3.63) is 0 Å². The van der Waals surface area contributed by atoms with E-state index in [1.54, 1.807) is 0 Å². The minimum atomic E-state index is -4.77. The van der Waals surface area contributed by atoms with E-state index in [0.717, 1.165) is 0 Å². The zero-order valence-electron chi connectivity index (χ0n) is 8.20. The monoisotopic (exact) mass is 280 g/mol. The van der Waals surface area contributed by atoms with Crippen LogP contribution in [0.25, 0.3) is 0 Å². The molecule has 8 nitrogen and oxygen atoms in total. The molecule has 0 rings (SSSR count). The Labute approximate surface area is 132 Å². The van der Waals surface area contributed by atoms with Crippen LogP contribution in [0.2, 0.25) is 0 Å². The predicted molar refractivity (Wildman–Crippen MR) is 35.9 cm³/mol. The summed E-state index contributed by atoms with van der Waals surface area (Å²) in [5, 5.41) is 0. The van der Waals surface area contributed by atoms with Crippen molar-refractivity contribution >= 4 is 20.8 Å². The van der Waals surface area contributed by atoms with Crippen LogP contribution in [0.1, 0.15) is 6.42 Å². The molecule has 0 fully saturated rings. The van der Waals surface area contributed by atoms with Crippen LogP contribution in [0, 0.1) is 0 Å². The number of hydrogen-bond donors (Lipinski definition) is 0. The van der Waals surface area contributed by atoms with Crippen molar-refractivity contribution in [2.24, 2.45) is 0 Å². The van der Waals surface area contributed by atoms with E-state index in [2.05, 4.69) is 8.37 Å². The molecule has 0 aliphatic rings. The van der Waals surface area contributed by atoms with Gasteiger partial charge >= 0.3 is 59.1 Å². The van der Waals surface area contributed by atoms with E-state index in [1.807, 2.05) is 0 Å². The molecule has 15 heavy (non-hydrogen) atoms. The fraction of sp³-hybridized carbons (Fsp3) is 1.00. The molecule has 0 bridgehead atoms. The molecule has 0 saturated heterocycles. The smallest absolute Gasteiger partial charge is 0.726 e. The second kappa shape index (κ2) is 9.74. The largest absolute Gasteiger partial charge is 1.00 e. The molecule has 0 radical (unpaired) electrons. The van der Waals surface area contributed by atoms with Gasteiger partial charge in [0, 0.05) is 0 Å². The van der Waals surface area contributed by atoms with E-state index in [1.165, 1.54) is 0 Å². The van der Waals surface area contributed by atoms with Crippen LogP contribution in [0.3, 0.4) is 0 Å². The third-order valence-corrected chi connectivity index (χ3v) is 1.65. The van der Waals surface area contributed by atoms with Crippen molar-refractivity contribution in [2.75, 3.05) is 13.2 Å². The van der Waals surface area contributed by atoms with Gasteiger partial charge < -0.3 is 9.11 Å². The zero-order chi connectivity index (χ0) is 10.5. The van der Waals surface area contributed by atoms with Crippen molar-refractivity contribution in [2.45, 2.75) is 6.42 Å². The second-order valence-corrected chi connectivity index (χ2v) is 3.92. The topological polar surface area (TPSA) is 133 Å². The summed E-state index contributed by atoms with van der Waals surface area (Å²) in [5.41, 5.74) is 0. The molecule has 0 aromatic heterocycles. The minimum Gasteiger partial charge on any atom is -0.726 e. The van der Waals surface area contributed by atoms with E-state index >= 15 is 0 Å². The molecule has 0 N–H and O–H groups in total. The normalized spacial score (nSPS) is 11.3. The van der Waals surface area contributed by atoms with Gasteiger partial charge in [0.1, 0.15) is 0 Å². The second-order valence-electron chi connectivity index (χ2n) is 1.81. The quantitative estimate of drug-likeness (QED) is 0.203. The molecule has 0 aliphatic heterocycles. The Hall–Kier alpha value is 1.74. The minimum absolute atomic E-state index is 0. The van der Waals surface area contributed by atoms with Crippen molar-refractivity contribution in [3.8, 4) is 0 Å². The number of hydrogen-bond acceptors (Lipinski definition) is 8. The molecule has 0 aromatic carbocycles. The van der Waals surface area contributed by atoms with Gasteiger partial charge in [-0.2, -0.15) is 0 Å². The van der Waals surface area contributed by atoms with Gasteiger partial charge in [0.15, 0.2) is 0 Å². The molecule has 12 heteroatoms. The van der Waals surface area contributed by atoms with Gasteiger partial charge in [0.2, 0.25) is 20.8 Å². The molecule has 0 unspecified atom stereocenters. The standard InChI is InChI=1S/C3H8O8S2.2Na/c4-12(5,6)10-2-1-3-11-13(7,8)9;;/h1-3H2,(H,4,5,6)(H,7,8,9);;/q;2*+1/p-2. The Morgan fingerprint density at radius 1 is 0.800 bits per heavy atom. The van der Waals surface area contributed by atoms with E-state index in [4.69, 9.17) is 0 Å². The molecule has 0 atom stereocenters. The van der Waals surface area contributed by atoms with Crippen LogP contribution < -0.4 is 59.1 Å². The van der Waals surface area contributed by atoms with Gasteiger partial charge in [0.05, 0.1) is 13.2 Å². The van der Waals surface area contributed by atoms with Gasteiger partial charge in [-0.15, -0.1) is 0 Å². The van der Waals surface area contributed by atoms with Crippen molar-refractivity contribution in [1.29, 1.82) is 0 Å². The maximum Gasteiger partial charge on any atom is 1.00 e. The molecule has 0 saturated carbocycles. The van der Waals surface area contributed by atoms with E-state index in [0.29, 0.717) is 0 Å². The number of rotatable bonds is 6. The third-order valence-electron chi connectivity index (χ3n) is 0.744.